The molecule has 0 fully saturated rings. The first-order valence-corrected chi connectivity index (χ1v) is 8.99. The van der Waals surface area contributed by atoms with Crippen molar-refractivity contribution >= 4 is 22.5 Å². The molecule has 0 bridgehead atoms. The van der Waals surface area contributed by atoms with Crippen LogP contribution in [0.5, 0.6) is 0 Å². The van der Waals surface area contributed by atoms with E-state index >= 15 is 0 Å². The first-order chi connectivity index (χ1) is 14.8. The maximum atomic E-state index is 12.7. The number of aromatic nitrogens is 4. The fraction of sp³-hybridized carbons (Fsp3) is 0.0952. The Morgan fingerprint density at radius 2 is 2.03 bits per heavy atom. The Balaban J connectivity index is 1.69. The lowest BCUT2D eigenvalue weighted by atomic mass is 10.1. The van der Waals surface area contributed by atoms with Crippen molar-refractivity contribution < 1.29 is 18.0 Å². The summed E-state index contributed by atoms with van der Waals surface area (Å²) in [7, 11) is 0. The van der Waals surface area contributed by atoms with Crippen LogP contribution in [0.3, 0.4) is 0 Å². The average Bonchev–Trinajstić information content (AvgIpc) is 3.10. The Bertz CT molecular complexity index is 1290. The number of carbonyl (C=O) groups excluding carboxylic acids is 1. The van der Waals surface area contributed by atoms with Gasteiger partial charge in [0.25, 0.3) is 5.91 Å². The van der Waals surface area contributed by atoms with Crippen molar-refractivity contribution in [3.8, 4) is 6.07 Å². The van der Waals surface area contributed by atoms with E-state index in [0.29, 0.717) is 27.7 Å². The molecule has 0 spiro atoms. The van der Waals surface area contributed by atoms with E-state index < -0.39 is 17.8 Å². The number of halogens is 3. The second-order valence-corrected chi connectivity index (χ2v) is 6.63. The van der Waals surface area contributed by atoms with E-state index in [2.05, 4.69) is 20.5 Å². The molecule has 1 aromatic carbocycles. The molecule has 0 unspecified atom stereocenters. The summed E-state index contributed by atoms with van der Waals surface area (Å²) in [5.74, 6) is -0.481. The number of benzene rings is 1. The molecule has 0 saturated carbocycles. The largest absolute Gasteiger partial charge is 0.433 e. The molecule has 0 saturated heterocycles. The number of alkyl halides is 3. The molecule has 0 aliphatic rings. The van der Waals surface area contributed by atoms with Crippen molar-refractivity contribution in [2.24, 2.45) is 0 Å². The Hall–Kier alpha value is -4.26. The predicted molar refractivity (Wildman–Crippen MR) is 105 cm³/mol. The van der Waals surface area contributed by atoms with Crippen LogP contribution < -0.4 is 5.32 Å². The SMILES string of the molecule is N#Cc1ccc2c(c1)c(NC(=O)c1cccnn1)cn2Cc1ccc(C(F)(F)F)nc1. The van der Waals surface area contributed by atoms with Crippen LogP contribution in [0, 0.1) is 11.3 Å². The normalized spacial score (nSPS) is 11.3. The Morgan fingerprint density at radius 3 is 2.68 bits per heavy atom. The van der Waals surface area contributed by atoms with Crippen LogP contribution in [0.4, 0.5) is 18.9 Å². The minimum absolute atomic E-state index is 0.117. The number of hydrogen-bond acceptors (Lipinski definition) is 5. The fourth-order valence-electron chi connectivity index (χ4n) is 3.09. The standard InChI is InChI=1S/C21H13F3N6O/c22-21(23,24)19-6-4-14(10-26-19)11-30-12-17(15-8-13(9-25)3-5-18(15)30)28-20(31)16-2-1-7-27-29-16/h1-8,10,12H,11H2,(H,28,31). The lowest BCUT2D eigenvalue weighted by Gasteiger charge is -2.08. The zero-order valence-electron chi connectivity index (χ0n) is 15.8. The molecule has 7 nitrogen and oxygen atoms in total. The van der Waals surface area contributed by atoms with Gasteiger partial charge >= 0.3 is 6.18 Å². The van der Waals surface area contributed by atoms with Crippen LogP contribution in [0.25, 0.3) is 10.9 Å². The molecule has 4 rings (SSSR count). The molecule has 3 aromatic heterocycles. The van der Waals surface area contributed by atoms with Crippen LogP contribution in [-0.4, -0.2) is 25.7 Å². The second kappa shape index (κ2) is 7.87. The van der Waals surface area contributed by atoms with Crippen LogP contribution in [-0.2, 0) is 12.7 Å². The summed E-state index contributed by atoms with van der Waals surface area (Å²) in [6.45, 7) is 0.217. The highest BCUT2D eigenvalue weighted by atomic mass is 19.4. The maximum absolute atomic E-state index is 12.7. The lowest BCUT2D eigenvalue weighted by Crippen LogP contribution is -2.13. The highest BCUT2D eigenvalue weighted by Gasteiger charge is 2.32. The van der Waals surface area contributed by atoms with Gasteiger partial charge in [0, 0.05) is 30.5 Å². The van der Waals surface area contributed by atoms with Crippen molar-refractivity contribution in [1.82, 2.24) is 19.7 Å². The number of pyridine rings is 1. The average molecular weight is 422 g/mol. The molecular formula is C21H13F3N6O. The summed E-state index contributed by atoms with van der Waals surface area (Å²) < 4.78 is 40.0. The van der Waals surface area contributed by atoms with E-state index in [4.69, 9.17) is 0 Å². The molecular weight excluding hydrogens is 409 g/mol. The van der Waals surface area contributed by atoms with Crippen molar-refractivity contribution in [3.05, 3.63) is 83.6 Å². The van der Waals surface area contributed by atoms with Gasteiger partial charge in [-0.25, -0.2) is 0 Å². The summed E-state index contributed by atoms with van der Waals surface area (Å²) in [5, 5.41) is 20.0. The molecule has 1 amide bonds. The van der Waals surface area contributed by atoms with Gasteiger partial charge in [0.1, 0.15) is 5.69 Å². The van der Waals surface area contributed by atoms with Gasteiger partial charge in [-0.05, 0) is 42.0 Å². The van der Waals surface area contributed by atoms with E-state index in [0.717, 1.165) is 12.3 Å². The Labute approximate surface area is 173 Å². The van der Waals surface area contributed by atoms with Gasteiger partial charge in [-0.1, -0.05) is 6.07 Å². The zero-order chi connectivity index (χ0) is 22.0. The van der Waals surface area contributed by atoms with Crippen molar-refractivity contribution in [2.45, 2.75) is 12.7 Å². The van der Waals surface area contributed by atoms with Gasteiger partial charge in [0.2, 0.25) is 0 Å². The number of amides is 1. The van der Waals surface area contributed by atoms with E-state index in [1.165, 1.54) is 18.3 Å². The molecule has 3 heterocycles. The third-order valence-electron chi connectivity index (χ3n) is 4.53. The van der Waals surface area contributed by atoms with E-state index in [-0.39, 0.29) is 12.2 Å². The number of carbonyl (C=O) groups is 1. The van der Waals surface area contributed by atoms with E-state index in [9.17, 15) is 23.2 Å². The zero-order valence-corrected chi connectivity index (χ0v) is 15.8. The van der Waals surface area contributed by atoms with Crippen LogP contribution in [0.2, 0.25) is 0 Å². The Morgan fingerprint density at radius 1 is 1.19 bits per heavy atom. The summed E-state index contributed by atoms with van der Waals surface area (Å²) >= 11 is 0. The van der Waals surface area contributed by atoms with Crippen LogP contribution >= 0.6 is 0 Å². The molecule has 1 N–H and O–H groups in total. The molecule has 0 radical (unpaired) electrons. The van der Waals surface area contributed by atoms with Gasteiger partial charge in [0.05, 0.1) is 22.8 Å². The van der Waals surface area contributed by atoms with Gasteiger partial charge < -0.3 is 9.88 Å². The second-order valence-electron chi connectivity index (χ2n) is 6.63. The number of nitriles is 1. The summed E-state index contributed by atoms with van der Waals surface area (Å²) in [4.78, 5) is 16.0. The summed E-state index contributed by atoms with van der Waals surface area (Å²) in [6, 6.07) is 12.4. The number of hydrogen-bond donors (Lipinski definition) is 1. The van der Waals surface area contributed by atoms with Gasteiger partial charge in [-0.15, -0.1) is 5.10 Å². The maximum Gasteiger partial charge on any atom is 0.433 e. The molecule has 0 aliphatic carbocycles. The summed E-state index contributed by atoms with van der Waals surface area (Å²) in [5.41, 5.74) is 1.21. The number of fused-ring (bicyclic) bond motifs is 1. The molecule has 10 heteroatoms. The number of nitrogens with zero attached hydrogens (tertiary/aromatic N) is 5. The number of rotatable bonds is 4. The van der Waals surface area contributed by atoms with Gasteiger partial charge in [0.15, 0.2) is 5.69 Å². The topological polar surface area (TPSA) is 96.5 Å². The third kappa shape index (κ3) is 4.20. The quantitative estimate of drug-likeness (QED) is 0.536. The van der Waals surface area contributed by atoms with Crippen LogP contribution in [0.15, 0.2) is 61.1 Å². The molecule has 154 valence electrons. The fourth-order valence-corrected chi connectivity index (χ4v) is 3.09. The molecule has 31 heavy (non-hydrogen) atoms. The van der Waals surface area contributed by atoms with E-state index in [1.807, 2.05) is 6.07 Å². The summed E-state index contributed by atoms with van der Waals surface area (Å²) in [6.07, 6.45) is -0.252. The molecule has 0 atom stereocenters. The molecule has 4 aromatic rings. The predicted octanol–water partition coefficient (Wildman–Crippen LogP) is 4.02. The van der Waals surface area contributed by atoms with Gasteiger partial charge in [-0.2, -0.15) is 23.5 Å². The van der Waals surface area contributed by atoms with E-state index in [1.54, 1.807) is 35.0 Å². The third-order valence-corrected chi connectivity index (χ3v) is 4.53. The monoisotopic (exact) mass is 422 g/mol. The highest BCUT2D eigenvalue weighted by molar-refractivity contribution is 6.08. The lowest BCUT2D eigenvalue weighted by molar-refractivity contribution is -0.141. The minimum atomic E-state index is -4.51. The van der Waals surface area contributed by atoms with Gasteiger partial charge in [-0.3, -0.25) is 9.78 Å². The smallest absolute Gasteiger partial charge is 0.341 e. The number of nitrogens with one attached hydrogen (secondary N) is 1. The Kier molecular flexibility index (Phi) is 5.09. The molecule has 0 aliphatic heterocycles. The van der Waals surface area contributed by atoms with Crippen molar-refractivity contribution in [3.63, 3.8) is 0 Å². The first kappa shape index (κ1) is 20.0. The highest BCUT2D eigenvalue weighted by Crippen LogP contribution is 2.30. The minimum Gasteiger partial charge on any atom is -0.341 e. The van der Waals surface area contributed by atoms with Crippen molar-refractivity contribution in [2.75, 3.05) is 5.32 Å². The first-order valence-electron chi connectivity index (χ1n) is 8.99. The van der Waals surface area contributed by atoms with Crippen molar-refractivity contribution in [1.29, 1.82) is 5.26 Å². The van der Waals surface area contributed by atoms with Crippen LogP contribution in [0.1, 0.15) is 27.3 Å². The number of anilines is 1.